The first-order chi connectivity index (χ1) is 16.1. The van der Waals surface area contributed by atoms with Crippen molar-refractivity contribution >= 4 is 23.4 Å². The highest BCUT2D eigenvalue weighted by atomic mass is 16.5. The summed E-state index contributed by atoms with van der Waals surface area (Å²) in [6.45, 7) is 1.46. The number of anilines is 1. The van der Waals surface area contributed by atoms with Gasteiger partial charge in [0.2, 0.25) is 11.8 Å². The number of carbonyl (C=O) groups is 3. The third-order valence-corrected chi connectivity index (χ3v) is 6.37. The molecule has 0 spiro atoms. The summed E-state index contributed by atoms with van der Waals surface area (Å²) in [7, 11) is 0. The predicted octanol–water partition coefficient (Wildman–Crippen LogP) is 3.28. The molecule has 2 aromatic carbocycles. The number of para-hydroxylation sites is 2. The van der Waals surface area contributed by atoms with Gasteiger partial charge in [0, 0.05) is 37.0 Å². The van der Waals surface area contributed by atoms with Gasteiger partial charge >= 0.3 is 0 Å². The van der Waals surface area contributed by atoms with E-state index in [1.807, 2.05) is 53.4 Å². The Bertz CT molecular complexity index is 1040. The van der Waals surface area contributed by atoms with Crippen LogP contribution in [0, 0.1) is 0 Å². The summed E-state index contributed by atoms with van der Waals surface area (Å²) in [6, 6.07) is 15.5. The van der Waals surface area contributed by atoms with E-state index in [4.69, 9.17) is 4.74 Å². The van der Waals surface area contributed by atoms with E-state index < -0.39 is 0 Å². The molecule has 7 nitrogen and oxygen atoms in total. The third kappa shape index (κ3) is 5.18. The van der Waals surface area contributed by atoms with Gasteiger partial charge in [0.1, 0.15) is 12.4 Å². The van der Waals surface area contributed by atoms with Gasteiger partial charge in [-0.2, -0.15) is 0 Å². The fourth-order valence-corrected chi connectivity index (χ4v) is 4.18. The number of hydrogen-bond acceptors (Lipinski definition) is 4. The lowest BCUT2D eigenvalue weighted by Gasteiger charge is -2.30. The molecular weight excluding hydrogens is 418 g/mol. The highest BCUT2D eigenvalue weighted by Crippen LogP contribution is 2.32. The predicted molar refractivity (Wildman–Crippen MR) is 124 cm³/mol. The molecule has 2 aliphatic carbocycles. The summed E-state index contributed by atoms with van der Waals surface area (Å²) in [6.07, 6.45) is 4.48. The van der Waals surface area contributed by atoms with Crippen LogP contribution in [0.1, 0.15) is 54.4 Å². The van der Waals surface area contributed by atoms with Gasteiger partial charge in [-0.15, -0.1) is 0 Å². The largest absolute Gasteiger partial charge is 0.490 e. The molecule has 1 N–H and O–H groups in total. The Labute approximate surface area is 193 Å². The van der Waals surface area contributed by atoms with Crippen LogP contribution in [0.25, 0.3) is 0 Å². The number of fused-ring (bicyclic) bond motifs is 1. The Kier molecular flexibility index (Phi) is 6.03. The fraction of sp³-hybridized carbons (Fsp3) is 0.423. The molecule has 0 radical (unpaired) electrons. The van der Waals surface area contributed by atoms with E-state index in [1.165, 1.54) is 0 Å². The van der Waals surface area contributed by atoms with E-state index in [-0.39, 0.29) is 36.6 Å². The Morgan fingerprint density at radius 1 is 0.970 bits per heavy atom. The van der Waals surface area contributed by atoms with Crippen molar-refractivity contribution in [1.82, 2.24) is 10.2 Å². The zero-order chi connectivity index (χ0) is 22.8. The topological polar surface area (TPSA) is 79.0 Å². The second kappa shape index (κ2) is 9.25. The zero-order valence-electron chi connectivity index (χ0n) is 18.7. The van der Waals surface area contributed by atoms with Crippen LogP contribution >= 0.6 is 0 Å². The summed E-state index contributed by atoms with van der Waals surface area (Å²) in [5.41, 5.74) is 2.41. The van der Waals surface area contributed by atoms with Crippen LogP contribution < -0.4 is 15.0 Å². The molecular formula is C26H29N3O4. The minimum Gasteiger partial charge on any atom is -0.490 e. The van der Waals surface area contributed by atoms with Gasteiger partial charge in [0.15, 0.2) is 0 Å². The molecule has 2 fully saturated rings. The normalized spacial score (nSPS) is 17.0. The van der Waals surface area contributed by atoms with Crippen LogP contribution in [0.4, 0.5) is 5.69 Å². The van der Waals surface area contributed by atoms with Crippen LogP contribution in [-0.4, -0.2) is 47.9 Å². The second-order valence-corrected chi connectivity index (χ2v) is 9.06. The maximum Gasteiger partial charge on any atom is 0.251 e. The van der Waals surface area contributed by atoms with Crippen LogP contribution in [0.5, 0.6) is 5.75 Å². The molecule has 172 valence electrons. The molecule has 33 heavy (non-hydrogen) atoms. The Balaban J connectivity index is 1.17. The summed E-state index contributed by atoms with van der Waals surface area (Å²) in [4.78, 5) is 41.7. The number of amides is 3. The van der Waals surface area contributed by atoms with Crippen molar-refractivity contribution in [2.24, 2.45) is 0 Å². The van der Waals surface area contributed by atoms with E-state index in [2.05, 4.69) is 5.32 Å². The highest BCUT2D eigenvalue weighted by Gasteiger charge is 2.33. The zero-order valence-corrected chi connectivity index (χ0v) is 18.7. The average molecular weight is 448 g/mol. The molecule has 0 atom stereocenters. The lowest BCUT2D eigenvalue weighted by Crippen LogP contribution is -2.39. The van der Waals surface area contributed by atoms with Gasteiger partial charge in [0.25, 0.3) is 5.91 Å². The minimum atomic E-state index is -0.0547. The summed E-state index contributed by atoms with van der Waals surface area (Å²) in [5, 5.41) is 2.99. The number of rotatable bonds is 8. The van der Waals surface area contributed by atoms with Crippen molar-refractivity contribution in [2.75, 3.05) is 18.1 Å². The van der Waals surface area contributed by atoms with E-state index in [0.717, 1.165) is 36.9 Å². The smallest absolute Gasteiger partial charge is 0.251 e. The first-order valence-electron chi connectivity index (χ1n) is 11.8. The van der Waals surface area contributed by atoms with Crippen molar-refractivity contribution in [3.05, 3.63) is 59.7 Å². The molecule has 3 amide bonds. The monoisotopic (exact) mass is 447 g/mol. The molecule has 1 aliphatic heterocycles. The Morgan fingerprint density at radius 2 is 1.73 bits per heavy atom. The Morgan fingerprint density at radius 3 is 2.45 bits per heavy atom. The SMILES string of the molecule is O=C(NC1CC1)c1ccc(CN(C(=O)CCC(=O)N2CCOc3ccccc32)C2CC2)cc1. The molecule has 2 aromatic rings. The van der Waals surface area contributed by atoms with E-state index in [0.29, 0.717) is 37.1 Å². The van der Waals surface area contributed by atoms with Crippen molar-refractivity contribution in [3.63, 3.8) is 0 Å². The molecule has 1 heterocycles. The van der Waals surface area contributed by atoms with Gasteiger partial charge in [-0.3, -0.25) is 14.4 Å². The van der Waals surface area contributed by atoms with E-state index in [9.17, 15) is 14.4 Å². The quantitative estimate of drug-likeness (QED) is 0.674. The summed E-state index contributed by atoms with van der Waals surface area (Å²) < 4.78 is 5.62. The summed E-state index contributed by atoms with van der Waals surface area (Å²) >= 11 is 0. The number of ether oxygens (including phenoxy) is 1. The number of nitrogens with zero attached hydrogens (tertiary/aromatic N) is 2. The molecule has 7 heteroatoms. The molecule has 0 aromatic heterocycles. The first kappa shape index (κ1) is 21.5. The van der Waals surface area contributed by atoms with Crippen molar-refractivity contribution < 1.29 is 19.1 Å². The van der Waals surface area contributed by atoms with E-state index in [1.54, 1.807) is 4.90 Å². The maximum absolute atomic E-state index is 13.0. The lowest BCUT2D eigenvalue weighted by atomic mass is 10.1. The number of carbonyl (C=O) groups excluding carboxylic acids is 3. The highest BCUT2D eigenvalue weighted by molar-refractivity contribution is 5.97. The van der Waals surface area contributed by atoms with Crippen molar-refractivity contribution in [2.45, 2.75) is 57.2 Å². The fourth-order valence-electron chi connectivity index (χ4n) is 4.18. The van der Waals surface area contributed by atoms with Gasteiger partial charge in [0.05, 0.1) is 12.2 Å². The molecule has 3 aliphatic rings. The standard InChI is InChI=1S/C26H29N3O4/c30-24(28-15-16-33-23-4-2-1-3-22(23)28)13-14-25(31)29(21-11-12-21)17-18-5-7-19(8-6-18)26(32)27-20-9-10-20/h1-8,20-21H,9-17H2,(H,27,32). The van der Waals surface area contributed by atoms with Gasteiger partial charge in [-0.05, 0) is 55.5 Å². The van der Waals surface area contributed by atoms with Gasteiger partial charge < -0.3 is 19.9 Å². The molecule has 2 saturated carbocycles. The number of benzene rings is 2. The lowest BCUT2D eigenvalue weighted by molar-refractivity contribution is -0.134. The van der Waals surface area contributed by atoms with Crippen LogP contribution in [0.3, 0.4) is 0 Å². The molecule has 0 bridgehead atoms. The number of nitrogens with one attached hydrogen (secondary N) is 1. The summed E-state index contributed by atoms with van der Waals surface area (Å²) in [5.74, 6) is 0.614. The van der Waals surface area contributed by atoms with Crippen LogP contribution in [0.15, 0.2) is 48.5 Å². The second-order valence-electron chi connectivity index (χ2n) is 9.06. The molecule has 0 unspecified atom stereocenters. The number of hydrogen-bond donors (Lipinski definition) is 1. The van der Waals surface area contributed by atoms with E-state index >= 15 is 0 Å². The maximum atomic E-state index is 13.0. The first-order valence-corrected chi connectivity index (χ1v) is 11.8. The minimum absolute atomic E-state index is 0.00273. The molecule has 0 saturated heterocycles. The van der Waals surface area contributed by atoms with Gasteiger partial charge in [-0.1, -0.05) is 24.3 Å². The third-order valence-electron chi connectivity index (χ3n) is 6.37. The molecule has 5 rings (SSSR count). The Hall–Kier alpha value is -3.35. The van der Waals surface area contributed by atoms with Crippen LogP contribution in [-0.2, 0) is 16.1 Å². The average Bonchev–Trinajstić information content (AvgIpc) is 3.76. The van der Waals surface area contributed by atoms with Crippen LogP contribution in [0.2, 0.25) is 0 Å². The van der Waals surface area contributed by atoms with Crippen molar-refractivity contribution in [1.29, 1.82) is 0 Å². The van der Waals surface area contributed by atoms with Gasteiger partial charge in [-0.25, -0.2) is 0 Å². The van der Waals surface area contributed by atoms with Crippen molar-refractivity contribution in [3.8, 4) is 5.75 Å².